The number of nitrogens with two attached hydrogens (primary N) is 1. The minimum atomic E-state index is 0.141. The van der Waals surface area contributed by atoms with Gasteiger partial charge in [-0.05, 0) is 30.7 Å². The summed E-state index contributed by atoms with van der Waals surface area (Å²) in [6.45, 7) is 2.10. The van der Waals surface area contributed by atoms with Gasteiger partial charge in [-0.3, -0.25) is 4.40 Å². The highest BCUT2D eigenvalue weighted by Gasteiger charge is 2.11. The minimum absolute atomic E-state index is 0.141. The number of pyridine rings is 1. The molecule has 1 atom stereocenters. The second-order valence-electron chi connectivity index (χ2n) is 5.88. The Kier molecular flexibility index (Phi) is 3.78. The molecular weight excluding hydrogens is 312 g/mol. The molecule has 4 rings (SSSR count). The number of hydrogen-bond donors (Lipinski definition) is 2. The fourth-order valence-electron chi connectivity index (χ4n) is 2.77. The molecule has 0 aliphatic rings. The van der Waals surface area contributed by atoms with E-state index in [9.17, 15) is 0 Å². The highest BCUT2D eigenvalue weighted by atomic mass is 15.1. The fraction of sp³-hybridized carbons (Fsp3) is 0.105. The number of anilines is 2. The fourth-order valence-corrected chi connectivity index (χ4v) is 2.77. The van der Waals surface area contributed by atoms with Crippen LogP contribution in [0.15, 0.2) is 67.1 Å². The van der Waals surface area contributed by atoms with Gasteiger partial charge in [-0.2, -0.15) is 0 Å². The van der Waals surface area contributed by atoms with E-state index in [2.05, 4.69) is 39.3 Å². The zero-order valence-electron chi connectivity index (χ0n) is 13.8. The maximum Gasteiger partial charge on any atom is 0.180 e. The van der Waals surface area contributed by atoms with Crippen molar-refractivity contribution in [1.82, 2.24) is 19.4 Å². The molecule has 0 fully saturated rings. The number of benzene rings is 1. The van der Waals surface area contributed by atoms with Gasteiger partial charge in [0.15, 0.2) is 5.82 Å². The molecule has 124 valence electrons. The van der Waals surface area contributed by atoms with Crippen LogP contribution in [0.4, 0.5) is 11.5 Å². The highest BCUT2D eigenvalue weighted by Crippen LogP contribution is 2.22. The topological polar surface area (TPSA) is 81.1 Å². The summed E-state index contributed by atoms with van der Waals surface area (Å²) in [4.78, 5) is 13.4. The first-order valence-corrected chi connectivity index (χ1v) is 8.08. The number of rotatable bonds is 4. The molecule has 1 aromatic carbocycles. The van der Waals surface area contributed by atoms with Gasteiger partial charge in [-0.25, -0.2) is 15.0 Å². The molecule has 0 spiro atoms. The van der Waals surface area contributed by atoms with E-state index in [1.54, 1.807) is 12.4 Å². The van der Waals surface area contributed by atoms with Crippen molar-refractivity contribution in [3.05, 3.63) is 72.7 Å². The lowest BCUT2D eigenvalue weighted by Gasteiger charge is -2.15. The van der Waals surface area contributed by atoms with Crippen molar-refractivity contribution in [2.75, 3.05) is 11.1 Å². The van der Waals surface area contributed by atoms with Gasteiger partial charge in [-0.15, -0.1) is 0 Å². The second kappa shape index (κ2) is 6.24. The van der Waals surface area contributed by atoms with E-state index in [4.69, 9.17) is 5.73 Å². The Hall–Kier alpha value is -3.41. The molecule has 0 aliphatic carbocycles. The van der Waals surface area contributed by atoms with Crippen molar-refractivity contribution in [3.63, 3.8) is 0 Å². The van der Waals surface area contributed by atoms with Crippen LogP contribution in [0, 0.1) is 0 Å². The third-order valence-electron chi connectivity index (χ3n) is 4.08. The molecule has 6 nitrogen and oxygen atoms in total. The molecule has 0 aliphatic heterocycles. The molecule has 0 amide bonds. The Morgan fingerprint density at radius 2 is 1.88 bits per heavy atom. The zero-order chi connectivity index (χ0) is 17.2. The van der Waals surface area contributed by atoms with E-state index in [-0.39, 0.29) is 6.04 Å². The zero-order valence-corrected chi connectivity index (χ0v) is 13.8. The van der Waals surface area contributed by atoms with Gasteiger partial charge in [0, 0.05) is 24.1 Å². The average molecular weight is 330 g/mol. The molecule has 4 aromatic rings. The largest absolute Gasteiger partial charge is 0.398 e. The monoisotopic (exact) mass is 330 g/mol. The maximum absolute atomic E-state index is 5.89. The summed E-state index contributed by atoms with van der Waals surface area (Å²) in [5.41, 5.74) is 9.37. The molecule has 3 heterocycles. The van der Waals surface area contributed by atoms with Crippen LogP contribution in [0.5, 0.6) is 0 Å². The first-order valence-electron chi connectivity index (χ1n) is 8.08. The lowest BCUT2D eigenvalue weighted by molar-refractivity contribution is 0.872. The van der Waals surface area contributed by atoms with Gasteiger partial charge in [0.1, 0.15) is 17.2 Å². The van der Waals surface area contributed by atoms with Crippen molar-refractivity contribution in [2.45, 2.75) is 13.0 Å². The van der Waals surface area contributed by atoms with Gasteiger partial charge in [0.25, 0.3) is 0 Å². The van der Waals surface area contributed by atoms with E-state index in [0.717, 1.165) is 17.2 Å². The smallest absolute Gasteiger partial charge is 0.180 e. The molecule has 3 N–H and O–H groups in total. The predicted molar refractivity (Wildman–Crippen MR) is 99.1 cm³/mol. The van der Waals surface area contributed by atoms with Gasteiger partial charge in [0.05, 0.1) is 6.20 Å². The summed E-state index contributed by atoms with van der Waals surface area (Å²) < 4.78 is 1.90. The number of nitrogen functional groups attached to an aromatic ring is 1. The molecule has 0 bridgehead atoms. The normalized spacial score (nSPS) is 12.2. The standard InChI is InChI=1S/C19H18N6/c1-13(14-5-3-2-4-6-14)23-17-9-10-21-19(24-17)16-11-22-18-8-7-15(20)12-25(16)18/h2-13H,20H2,1H3,(H,21,23,24)/t13-/m1/s1. The number of hydrogen-bond acceptors (Lipinski definition) is 5. The number of fused-ring (bicyclic) bond motifs is 1. The van der Waals surface area contributed by atoms with E-state index in [1.165, 1.54) is 5.56 Å². The van der Waals surface area contributed by atoms with E-state index < -0.39 is 0 Å². The van der Waals surface area contributed by atoms with Crippen LogP contribution in [0.2, 0.25) is 0 Å². The van der Waals surface area contributed by atoms with Crippen molar-refractivity contribution in [2.24, 2.45) is 0 Å². The first kappa shape index (κ1) is 15.1. The SMILES string of the molecule is C[C@@H](Nc1ccnc(-c2cnc3ccc(N)cn23)n1)c1ccccc1. The van der Waals surface area contributed by atoms with Crippen LogP contribution in [0.1, 0.15) is 18.5 Å². The predicted octanol–water partition coefficient (Wildman–Crippen LogP) is 3.55. The summed E-state index contributed by atoms with van der Waals surface area (Å²) >= 11 is 0. The van der Waals surface area contributed by atoms with Crippen LogP contribution in [-0.2, 0) is 0 Å². The third kappa shape index (κ3) is 3.01. The van der Waals surface area contributed by atoms with Crippen molar-refractivity contribution < 1.29 is 0 Å². The first-order chi connectivity index (χ1) is 12.2. The van der Waals surface area contributed by atoms with Crippen LogP contribution in [0.3, 0.4) is 0 Å². The maximum atomic E-state index is 5.89. The lowest BCUT2D eigenvalue weighted by Crippen LogP contribution is -2.08. The number of nitrogens with zero attached hydrogens (tertiary/aromatic N) is 4. The number of nitrogens with one attached hydrogen (secondary N) is 1. The van der Waals surface area contributed by atoms with Crippen LogP contribution in [0.25, 0.3) is 17.2 Å². The van der Waals surface area contributed by atoms with Crippen LogP contribution in [-0.4, -0.2) is 19.4 Å². The van der Waals surface area contributed by atoms with Crippen molar-refractivity contribution in [1.29, 1.82) is 0 Å². The summed E-state index contributed by atoms with van der Waals surface area (Å²) in [7, 11) is 0. The van der Waals surface area contributed by atoms with Crippen LogP contribution >= 0.6 is 0 Å². The van der Waals surface area contributed by atoms with E-state index in [1.807, 2.05) is 47.0 Å². The van der Waals surface area contributed by atoms with Gasteiger partial charge in [-0.1, -0.05) is 30.3 Å². The number of aromatic nitrogens is 4. The highest BCUT2D eigenvalue weighted by molar-refractivity contribution is 5.60. The van der Waals surface area contributed by atoms with Gasteiger partial charge >= 0.3 is 0 Å². The van der Waals surface area contributed by atoms with Crippen molar-refractivity contribution >= 4 is 17.2 Å². The molecule has 3 aromatic heterocycles. The molecule has 0 radical (unpaired) electrons. The van der Waals surface area contributed by atoms with Crippen molar-refractivity contribution in [3.8, 4) is 11.5 Å². The quantitative estimate of drug-likeness (QED) is 0.598. The summed E-state index contributed by atoms with van der Waals surface area (Å²) in [5, 5.41) is 3.41. The number of imidazole rings is 1. The average Bonchev–Trinajstić information content (AvgIpc) is 3.05. The summed E-state index contributed by atoms with van der Waals surface area (Å²) in [6.07, 6.45) is 5.33. The Balaban J connectivity index is 1.66. The molecule has 0 unspecified atom stereocenters. The van der Waals surface area contributed by atoms with Gasteiger partial charge in [0.2, 0.25) is 0 Å². The summed E-state index contributed by atoms with van der Waals surface area (Å²) in [5.74, 6) is 1.36. The lowest BCUT2D eigenvalue weighted by atomic mass is 10.1. The minimum Gasteiger partial charge on any atom is -0.398 e. The van der Waals surface area contributed by atoms with E-state index >= 15 is 0 Å². The molecule has 0 saturated carbocycles. The Bertz CT molecular complexity index is 1010. The molecule has 6 heteroatoms. The van der Waals surface area contributed by atoms with Crippen LogP contribution < -0.4 is 11.1 Å². The second-order valence-corrected chi connectivity index (χ2v) is 5.88. The molecule has 0 saturated heterocycles. The third-order valence-corrected chi connectivity index (χ3v) is 4.08. The Morgan fingerprint density at radius 1 is 1.04 bits per heavy atom. The molecular formula is C19H18N6. The van der Waals surface area contributed by atoms with E-state index in [0.29, 0.717) is 11.5 Å². The Morgan fingerprint density at radius 3 is 2.72 bits per heavy atom. The summed E-state index contributed by atoms with van der Waals surface area (Å²) in [6, 6.07) is 16.0. The molecule has 25 heavy (non-hydrogen) atoms. The van der Waals surface area contributed by atoms with Gasteiger partial charge < -0.3 is 11.1 Å². The Labute approximate surface area is 145 Å².